The number of aromatic nitrogens is 2. The van der Waals surface area contributed by atoms with Crippen molar-refractivity contribution in [3.63, 3.8) is 0 Å². The second-order valence-electron chi connectivity index (χ2n) is 16.7. The first-order chi connectivity index (χ1) is 33.7. The fraction of sp³-hybridized carbons (Fsp3) is 0.102. The van der Waals surface area contributed by atoms with E-state index in [9.17, 15) is 0 Å². The van der Waals surface area contributed by atoms with Gasteiger partial charge in [-0.3, -0.25) is 0 Å². The molecule has 4 aromatic carbocycles. The van der Waals surface area contributed by atoms with Crippen LogP contribution in [0.5, 0.6) is 0 Å². The van der Waals surface area contributed by atoms with Gasteiger partial charge < -0.3 is 0 Å². The van der Waals surface area contributed by atoms with Crippen LogP contribution < -0.4 is 10.7 Å². The SMILES string of the molecule is CSc1c(F)c(F)c(C2=C3C=CC4=[N+]3C35n6c(ccc62)C(c2c(F)c(F)c(C)c(F)c2F)=C2C=CC(=[N+]23)C(c2c(F)c(F)c(C)c(F)c2F)=c2ccc(n25)=C4c2c(F)c(F)c(SC)c(F)c2F)c(F)c1F. The maximum absolute atomic E-state index is 16.7. The van der Waals surface area contributed by atoms with Crippen molar-refractivity contribution in [2.24, 2.45) is 0 Å². The molecule has 1 spiro atoms. The average molecular weight is 1030 g/mol. The Labute approximate surface area is 395 Å². The van der Waals surface area contributed by atoms with Gasteiger partial charge in [-0.1, -0.05) is 9.15 Å². The maximum Gasteiger partial charge on any atom is 0.553 e. The zero-order chi connectivity index (χ0) is 50.7. The summed E-state index contributed by atoms with van der Waals surface area (Å²) in [5.74, 6) is -34.0. The number of allylic oxidation sites excluding steroid dienone is 4. The average Bonchev–Trinajstić information content (AvgIpc) is 4.19. The second kappa shape index (κ2) is 14.6. The van der Waals surface area contributed by atoms with Gasteiger partial charge >= 0.3 is 5.91 Å². The van der Waals surface area contributed by atoms with Gasteiger partial charge in [-0.05, 0) is 50.6 Å². The summed E-state index contributed by atoms with van der Waals surface area (Å²) >= 11 is 0.570. The Hall–Kier alpha value is -6.94. The summed E-state index contributed by atoms with van der Waals surface area (Å²) < 4.78 is 264. The van der Waals surface area contributed by atoms with E-state index in [2.05, 4.69) is 0 Å². The normalized spacial score (nSPS) is 17.9. The number of thioether (sulfide) groups is 2. The molecule has 6 aromatic rings. The van der Waals surface area contributed by atoms with Crippen LogP contribution in [-0.4, -0.2) is 42.2 Å². The number of hydrogen-bond acceptors (Lipinski definition) is 2. The minimum absolute atomic E-state index is 0.285. The first kappa shape index (κ1) is 45.2. The van der Waals surface area contributed by atoms with Crippen molar-refractivity contribution < 1.29 is 79.4 Å². The standard InChI is InChI=1S/C49H20F16N4S2/c1-13-31(50)35(54)27(36(55)32(13)51)23-15-5-6-16-24(28-37(56)33(52)14(2)34(53)38(28)57)18-8-10-20-26(30-41(60)45(64)48(71-4)46(65)42(30)61)22-12-11-21-25(29-39(58)43(62)47(70-3)44(63)40(29)59)19-9-7-17(23)67(19)49(66(15)16,68(18)20)69(21)22/h5-12H,1-4H3/q+2. The highest BCUT2D eigenvalue weighted by Crippen LogP contribution is 2.55. The monoisotopic (exact) mass is 1030 g/mol. The maximum atomic E-state index is 16.7. The molecular formula is C49H20F16N4S2+2. The number of hydrogen-bond donors (Lipinski definition) is 0. The molecule has 1 atom stereocenters. The summed E-state index contributed by atoms with van der Waals surface area (Å²) in [7, 11) is 0. The number of rotatable bonds is 6. The van der Waals surface area contributed by atoms with E-state index < -0.39 is 209 Å². The molecule has 71 heavy (non-hydrogen) atoms. The Morgan fingerprint density at radius 2 is 0.662 bits per heavy atom. The molecular weight excluding hydrogens is 1010 g/mol. The Balaban J connectivity index is 1.38. The molecule has 6 aliphatic heterocycles. The van der Waals surface area contributed by atoms with Crippen LogP contribution in [0.3, 0.4) is 0 Å². The lowest BCUT2D eigenvalue weighted by Crippen LogP contribution is -2.71. The highest BCUT2D eigenvalue weighted by atomic mass is 32.2. The molecule has 0 aliphatic carbocycles. The van der Waals surface area contributed by atoms with Crippen molar-refractivity contribution in [3.8, 4) is 0 Å². The summed E-state index contributed by atoms with van der Waals surface area (Å²) in [6.45, 7) is 1.43. The van der Waals surface area contributed by atoms with Gasteiger partial charge in [0.15, 0.2) is 93.1 Å². The molecule has 0 bridgehead atoms. The van der Waals surface area contributed by atoms with Crippen LogP contribution in [0.1, 0.15) is 44.8 Å². The van der Waals surface area contributed by atoms with Crippen molar-refractivity contribution in [1.82, 2.24) is 9.13 Å². The molecule has 0 fully saturated rings. The van der Waals surface area contributed by atoms with E-state index in [-0.39, 0.29) is 23.5 Å². The van der Waals surface area contributed by atoms with Crippen molar-refractivity contribution in [1.29, 1.82) is 0 Å². The zero-order valence-corrected chi connectivity index (χ0v) is 37.4. The minimum Gasteiger partial charge on any atom is -0.203 e. The van der Waals surface area contributed by atoms with Crippen LogP contribution in [0.25, 0.3) is 22.3 Å². The van der Waals surface area contributed by atoms with Crippen molar-refractivity contribution in [2.75, 3.05) is 12.5 Å². The molecule has 0 saturated heterocycles. The minimum atomic E-state index is -2.60. The van der Waals surface area contributed by atoms with Crippen LogP contribution in [0.15, 0.2) is 69.8 Å². The molecule has 0 saturated carbocycles. The molecule has 8 heterocycles. The van der Waals surface area contributed by atoms with Gasteiger partial charge in [0.05, 0.1) is 76.4 Å². The smallest absolute Gasteiger partial charge is 0.203 e. The third-order valence-corrected chi connectivity index (χ3v) is 15.1. The van der Waals surface area contributed by atoms with Crippen molar-refractivity contribution in [3.05, 3.63) is 209 Å². The van der Waals surface area contributed by atoms with Crippen molar-refractivity contribution in [2.45, 2.75) is 29.5 Å². The molecule has 0 amide bonds. The van der Waals surface area contributed by atoms with Gasteiger partial charge in [0.1, 0.15) is 0 Å². The number of benzene rings is 4. The number of halogens is 16. The van der Waals surface area contributed by atoms with E-state index in [1.165, 1.54) is 0 Å². The van der Waals surface area contributed by atoms with Gasteiger partial charge in [-0.25, -0.2) is 70.2 Å². The number of nitrogens with zero attached hydrogens (tertiary/aromatic N) is 4. The van der Waals surface area contributed by atoms with Crippen LogP contribution >= 0.6 is 23.5 Å². The van der Waals surface area contributed by atoms with Crippen LogP contribution in [0.2, 0.25) is 0 Å². The molecule has 358 valence electrons. The zero-order valence-electron chi connectivity index (χ0n) is 35.8. The largest absolute Gasteiger partial charge is 0.553 e. The molecule has 0 N–H and O–H groups in total. The second-order valence-corrected chi connectivity index (χ2v) is 18.3. The quantitative estimate of drug-likeness (QED) is 0.0715. The van der Waals surface area contributed by atoms with E-state index in [0.29, 0.717) is 13.8 Å². The van der Waals surface area contributed by atoms with Gasteiger partial charge in [0.2, 0.25) is 22.8 Å². The lowest BCUT2D eigenvalue weighted by Gasteiger charge is -2.41. The summed E-state index contributed by atoms with van der Waals surface area (Å²) in [6.07, 6.45) is 6.34. The summed E-state index contributed by atoms with van der Waals surface area (Å²) in [6, 6.07) is 4.13. The lowest BCUT2D eigenvalue weighted by atomic mass is 9.91. The van der Waals surface area contributed by atoms with Gasteiger partial charge in [0, 0.05) is 35.4 Å². The van der Waals surface area contributed by atoms with Gasteiger partial charge in [-0.2, -0.15) is 9.13 Å². The van der Waals surface area contributed by atoms with Crippen molar-refractivity contribution >= 4 is 57.2 Å². The van der Waals surface area contributed by atoms with Gasteiger partial charge in [0.25, 0.3) is 0 Å². The Bertz CT molecular complexity index is 3940. The van der Waals surface area contributed by atoms with E-state index in [1.54, 1.807) is 0 Å². The predicted octanol–water partition coefficient (Wildman–Crippen LogP) is 10.7. The summed E-state index contributed by atoms with van der Waals surface area (Å²) in [4.78, 5) is -2.23. The first-order valence-electron chi connectivity index (χ1n) is 20.6. The van der Waals surface area contributed by atoms with E-state index >= 15 is 70.2 Å². The fourth-order valence-corrected chi connectivity index (χ4v) is 11.8. The molecule has 4 nitrogen and oxygen atoms in total. The Kier molecular flexibility index (Phi) is 9.29. The van der Waals surface area contributed by atoms with Gasteiger partial charge in [-0.15, -0.1) is 23.5 Å². The highest BCUT2D eigenvalue weighted by Gasteiger charge is 2.73. The molecule has 22 heteroatoms. The van der Waals surface area contributed by atoms with Crippen LogP contribution in [-0.2, 0) is 5.91 Å². The van der Waals surface area contributed by atoms with E-state index in [1.807, 2.05) is 0 Å². The van der Waals surface area contributed by atoms with Crippen LogP contribution in [0.4, 0.5) is 70.2 Å². The molecule has 6 aliphatic rings. The Morgan fingerprint density at radius 3 is 0.972 bits per heavy atom. The van der Waals surface area contributed by atoms with E-state index in [4.69, 9.17) is 0 Å². The first-order valence-corrected chi connectivity index (χ1v) is 23.0. The molecule has 12 rings (SSSR count). The van der Waals surface area contributed by atoms with E-state index in [0.717, 1.165) is 79.4 Å². The molecule has 2 aromatic heterocycles. The Morgan fingerprint density at radius 1 is 0.366 bits per heavy atom. The fourth-order valence-electron chi connectivity index (χ4n) is 10.7. The topological polar surface area (TPSA) is 15.9 Å². The predicted molar refractivity (Wildman–Crippen MR) is 225 cm³/mol. The summed E-state index contributed by atoms with van der Waals surface area (Å²) in [5, 5.41) is -1.05. The lowest BCUT2D eigenvalue weighted by molar-refractivity contribution is -0.834. The third-order valence-electron chi connectivity index (χ3n) is 13.6. The summed E-state index contributed by atoms with van der Waals surface area (Å²) in [5.41, 5.74) is -14.4. The third kappa shape index (κ3) is 4.99. The van der Waals surface area contributed by atoms with Crippen LogP contribution in [0, 0.1) is 107 Å². The molecule has 0 radical (unpaired) electrons. The highest BCUT2D eigenvalue weighted by molar-refractivity contribution is 7.98. The molecule has 1 unspecified atom stereocenters.